The molecule has 0 unspecified atom stereocenters. The van der Waals surface area contributed by atoms with Crippen molar-refractivity contribution in [1.29, 1.82) is 0 Å². The zero-order valence-corrected chi connectivity index (χ0v) is 11.4. The number of nitrogens with zero attached hydrogens (tertiary/aromatic N) is 2. The van der Waals surface area contributed by atoms with Gasteiger partial charge in [0.05, 0.1) is 10.7 Å². The van der Waals surface area contributed by atoms with E-state index in [2.05, 4.69) is 21.9 Å². The zero-order chi connectivity index (χ0) is 12.6. The third-order valence-corrected chi connectivity index (χ3v) is 4.51. The van der Waals surface area contributed by atoms with Crippen LogP contribution in [0, 0.1) is 5.41 Å². The van der Waals surface area contributed by atoms with E-state index in [4.69, 9.17) is 17.3 Å². The van der Waals surface area contributed by atoms with Crippen molar-refractivity contribution in [2.24, 2.45) is 11.1 Å². The first kappa shape index (κ1) is 12.3. The maximum absolute atomic E-state index is 6.27. The van der Waals surface area contributed by atoms with E-state index in [0.717, 1.165) is 31.2 Å². The van der Waals surface area contributed by atoms with Crippen molar-refractivity contribution in [2.45, 2.75) is 6.42 Å². The number of para-hydroxylation sites is 1. The Morgan fingerprint density at radius 1 is 1.22 bits per heavy atom. The summed E-state index contributed by atoms with van der Waals surface area (Å²) in [4.78, 5) is 4.89. The average molecular weight is 266 g/mol. The average Bonchev–Trinajstić information content (AvgIpc) is 2.74. The highest BCUT2D eigenvalue weighted by Gasteiger charge is 2.47. The van der Waals surface area contributed by atoms with Gasteiger partial charge in [0.1, 0.15) is 0 Å². The molecule has 2 N–H and O–H groups in total. The van der Waals surface area contributed by atoms with Crippen LogP contribution in [0.1, 0.15) is 6.42 Å². The van der Waals surface area contributed by atoms with Crippen LogP contribution in [-0.2, 0) is 0 Å². The van der Waals surface area contributed by atoms with Crippen LogP contribution >= 0.6 is 11.6 Å². The molecule has 2 aliphatic rings. The lowest BCUT2D eigenvalue weighted by molar-refractivity contribution is 0.0213. The highest BCUT2D eigenvalue weighted by molar-refractivity contribution is 6.33. The zero-order valence-electron chi connectivity index (χ0n) is 10.6. The first-order valence-electron chi connectivity index (χ1n) is 6.64. The number of hydrogen-bond acceptors (Lipinski definition) is 3. The Balaban J connectivity index is 1.65. The quantitative estimate of drug-likeness (QED) is 0.905. The van der Waals surface area contributed by atoms with E-state index in [1.165, 1.54) is 25.2 Å². The van der Waals surface area contributed by atoms with Gasteiger partial charge in [-0.3, -0.25) is 0 Å². The molecule has 0 bridgehead atoms. The van der Waals surface area contributed by atoms with Gasteiger partial charge >= 0.3 is 0 Å². The minimum atomic E-state index is 0.494. The molecule has 0 radical (unpaired) electrons. The van der Waals surface area contributed by atoms with Gasteiger partial charge in [-0.1, -0.05) is 23.7 Å². The van der Waals surface area contributed by atoms with Crippen LogP contribution in [0.15, 0.2) is 24.3 Å². The molecule has 0 atom stereocenters. The molecule has 2 saturated heterocycles. The first-order chi connectivity index (χ1) is 8.72. The summed E-state index contributed by atoms with van der Waals surface area (Å²) < 4.78 is 0. The predicted octanol–water partition coefficient (Wildman–Crippen LogP) is 1.81. The van der Waals surface area contributed by atoms with E-state index in [0.29, 0.717) is 5.41 Å². The lowest BCUT2D eigenvalue weighted by Crippen LogP contribution is -2.58. The fourth-order valence-electron chi connectivity index (χ4n) is 3.35. The Labute approximate surface area is 114 Å². The van der Waals surface area contributed by atoms with Gasteiger partial charge in [-0.05, 0) is 18.6 Å². The molecule has 4 heteroatoms. The van der Waals surface area contributed by atoms with Crippen molar-refractivity contribution in [1.82, 2.24) is 4.90 Å². The summed E-state index contributed by atoms with van der Waals surface area (Å²) in [5, 5.41) is 0.868. The number of benzene rings is 1. The molecule has 1 spiro atoms. The van der Waals surface area contributed by atoms with Crippen LogP contribution in [0.2, 0.25) is 5.02 Å². The molecular weight excluding hydrogens is 246 g/mol. The summed E-state index contributed by atoms with van der Waals surface area (Å²) in [5.74, 6) is 0. The molecule has 1 aromatic rings. The van der Waals surface area contributed by atoms with Crippen molar-refractivity contribution in [3.05, 3.63) is 29.3 Å². The SMILES string of the molecule is NCCN1CC2(CCN(c3ccccc3Cl)C2)C1. The van der Waals surface area contributed by atoms with Crippen LogP contribution < -0.4 is 10.6 Å². The molecule has 0 aliphatic carbocycles. The molecule has 98 valence electrons. The van der Waals surface area contributed by atoms with Crippen molar-refractivity contribution >= 4 is 17.3 Å². The van der Waals surface area contributed by atoms with E-state index in [1.807, 2.05) is 12.1 Å². The lowest BCUT2D eigenvalue weighted by Gasteiger charge is -2.48. The van der Waals surface area contributed by atoms with Gasteiger partial charge in [0.25, 0.3) is 0 Å². The second kappa shape index (κ2) is 4.72. The Morgan fingerprint density at radius 2 is 2.00 bits per heavy atom. The van der Waals surface area contributed by atoms with Crippen molar-refractivity contribution in [3.63, 3.8) is 0 Å². The van der Waals surface area contributed by atoms with Crippen LogP contribution in [0.25, 0.3) is 0 Å². The minimum absolute atomic E-state index is 0.494. The van der Waals surface area contributed by atoms with Crippen LogP contribution in [0.5, 0.6) is 0 Å². The lowest BCUT2D eigenvalue weighted by atomic mass is 9.79. The molecule has 3 rings (SSSR count). The van der Waals surface area contributed by atoms with Crippen LogP contribution in [-0.4, -0.2) is 44.2 Å². The van der Waals surface area contributed by atoms with E-state index in [9.17, 15) is 0 Å². The summed E-state index contributed by atoms with van der Waals surface area (Å²) in [5.41, 5.74) is 7.28. The highest BCUT2D eigenvalue weighted by Crippen LogP contribution is 2.42. The van der Waals surface area contributed by atoms with Crippen LogP contribution in [0.4, 0.5) is 5.69 Å². The fourth-order valence-corrected chi connectivity index (χ4v) is 3.61. The van der Waals surface area contributed by atoms with E-state index in [-0.39, 0.29) is 0 Å². The van der Waals surface area contributed by atoms with E-state index >= 15 is 0 Å². The molecule has 0 aromatic heterocycles. The third-order valence-electron chi connectivity index (χ3n) is 4.19. The highest BCUT2D eigenvalue weighted by atomic mass is 35.5. The summed E-state index contributed by atoms with van der Waals surface area (Å²) >= 11 is 6.27. The predicted molar refractivity (Wildman–Crippen MR) is 76.2 cm³/mol. The first-order valence-corrected chi connectivity index (χ1v) is 7.02. The van der Waals surface area contributed by atoms with Gasteiger partial charge in [0.15, 0.2) is 0 Å². The van der Waals surface area contributed by atoms with Gasteiger partial charge < -0.3 is 15.5 Å². The standard InChI is InChI=1S/C14H20ClN3/c15-12-3-1-2-4-13(12)18-7-5-14(11-18)9-17(10-14)8-6-16/h1-4H,5-11,16H2. The van der Waals surface area contributed by atoms with Gasteiger partial charge in [0, 0.05) is 44.7 Å². The normalized spacial score (nSPS) is 22.4. The molecule has 18 heavy (non-hydrogen) atoms. The van der Waals surface area contributed by atoms with Crippen molar-refractivity contribution in [2.75, 3.05) is 44.2 Å². The Morgan fingerprint density at radius 3 is 2.72 bits per heavy atom. The molecule has 0 saturated carbocycles. The number of nitrogens with two attached hydrogens (primary N) is 1. The largest absolute Gasteiger partial charge is 0.370 e. The Kier molecular flexibility index (Phi) is 3.22. The smallest absolute Gasteiger partial charge is 0.0639 e. The number of hydrogen-bond donors (Lipinski definition) is 1. The van der Waals surface area contributed by atoms with Gasteiger partial charge in [-0.25, -0.2) is 0 Å². The molecule has 2 heterocycles. The second-order valence-electron chi connectivity index (χ2n) is 5.62. The number of anilines is 1. The summed E-state index contributed by atoms with van der Waals surface area (Å²) in [7, 11) is 0. The summed E-state index contributed by atoms with van der Waals surface area (Å²) in [6, 6.07) is 8.15. The minimum Gasteiger partial charge on any atom is -0.370 e. The molecular formula is C14H20ClN3. The number of likely N-dealkylation sites (tertiary alicyclic amines) is 1. The van der Waals surface area contributed by atoms with Gasteiger partial charge in [0.2, 0.25) is 0 Å². The van der Waals surface area contributed by atoms with Gasteiger partial charge in [-0.2, -0.15) is 0 Å². The monoisotopic (exact) mass is 265 g/mol. The Bertz CT molecular complexity index is 429. The number of rotatable bonds is 3. The summed E-state index contributed by atoms with van der Waals surface area (Å²) in [6.45, 7) is 6.46. The van der Waals surface area contributed by atoms with E-state index < -0.39 is 0 Å². The van der Waals surface area contributed by atoms with Crippen molar-refractivity contribution in [3.8, 4) is 0 Å². The molecule has 1 aromatic carbocycles. The molecule has 2 aliphatic heterocycles. The molecule has 0 amide bonds. The Hall–Kier alpha value is -0.770. The maximum atomic E-state index is 6.27. The third kappa shape index (κ3) is 2.11. The fraction of sp³-hybridized carbons (Fsp3) is 0.571. The second-order valence-corrected chi connectivity index (χ2v) is 6.03. The molecule has 2 fully saturated rings. The topological polar surface area (TPSA) is 32.5 Å². The molecule has 3 nitrogen and oxygen atoms in total. The maximum Gasteiger partial charge on any atom is 0.0639 e. The van der Waals surface area contributed by atoms with E-state index in [1.54, 1.807) is 0 Å². The van der Waals surface area contributed by atoms with Crippen molar-refractivity contribution < 1.29 is 0 Å². The van der Waals surface area contributed by atoms with Gasteiger partial charge in [-0.15, -0.1) is 0 Å². The summed E-state index contributed by atoms with van der Waals surface area (Å²) in [6.07, 6.45) is 1.28. The number of halogens is 1. The van der Waals surface area contributed by atoms with Crippen LogP contribution in [0.3, 0.4) is 0 Å².